The van der Waals surface area contributed by atoms with Crippen molar-refractivity contribution in [2.45, 2.75) is 32.1 Å². The predicted molar refractivity (Wildman–Crippen MR) is 145 cm³/mol. The molecule has 2 aliphatic heterocycles. The van der Waals surface area contributed by atoms with Crippen molar-refractivity contribution in [3.63, 3.8) is 0 Å². The molecule has 0 spiro atoms. The van der Waals surface area contributed by atoms with E-state index in [1.807, 2.05) is 58.3 Å². The molecule has 0 bridgehead atoms. The largest absolute Gasteiger partial charge is 0.368 e. The molecule has 196 valence electrons. The Hall–Kier alpha value is -3.39. The van der Waals surface area contributed by atoms with Gasteiger partial charge >= 0.3 is 0 Å². The lowest BCUT2D eigenvalue weighted by Crippen LogP contribution is -2.36. The molecule has 2 aromatic rings. The third-order valence-electron chi connectivity index (χ3n) is 7.46. The number of benzene rings is 2. The van der Waals surface area contributed by atoms with Crippen LogP contribution < -0.4 is 15.5 Å². The van der Waals surface area contributed by atoms with Gasteiger partial charge in [0, 0.05) is 57.3 Å². The number of nitrogens with one attached hydrogen (secondary N) is 2. The van der Waals surface area contributed by atoms with Crippen LogP contribution in [0.4, 0.5) is 11.4 Å². The summed E-state index contributed by atoms with van der Waals surface area (Å²) in [4.78, 5) is 45.0. The fraction of sp³-hybridized carbons (Fsp3) is 0.483. The molecule has 3 amide bonds. The summed E-state index contributed by atoms with van der Waals surface area (Å²) in [5.41, 5.74) is 3.24. The van der Waals surface area contributed by atoms with E-state index in [2.05, 4.69) is 15.5 Å². The highest BCUT2D eigenvalue weighted by molar-refractivity contribution is 6.01. The van der Waals surface area contributed by atoms with Crippen molar-refractivity contribution in [2.75, 3.05) is 62.6 Å². The van der Waals surface area contributed by atoms with Crippen LogP contribution in [0.25, 0.3) is 0 Å². The summed E-state index contributed by atoms with van der Waals surface area (Å²) < 4.78 is 0. The van der Waals surface area contributed by atoms with Crippen molar-refractivity contribution in [3.8, 4) is 0 Å². The van der Waals surface area contributed by atoms with Gasteiger partial charge in [-0.05, 0) is 56.0 Å². The topological polar surface area (TPSA) is 85.0 Å². The monoisotopic (exact) mass is 503 g/mol. The van der Waals surface area contributed by atoms with Crippen molar-refractivity contribution >= 4 is 29.1 Å². The lowest BCUT2D eigenvalue weighted by atomic mass is 10.1. The molecule has 0 unspecified atom stereocenters. The summed E-state index contributed by atoms with van der Waals surface area (Å²) in [6, 6.07) is 15.6. The number of carbonyl (C=O) groups is 3. The van der Waals surface area contributed by atoms with Crippen LogP contribution >= 0.6 is 0 Å². The molecular weight excluding hydrogens is 466 g/mol. The molecule has 2 heterocycles. The first-order valence-electron chi connectivity index (χ1n) is 13.6. The maximum absolute atomic E-state index is 13.3. The normalized spacial score (nSPS) is 18.6. The van der Waals surface area contributed by atoms with Crippen LogP contribution in [-0.2, 0) is 16.0 Å². The number of rotatable bonds is 6. The summed E-state index contributed by atoms with van der Waals surface area (Å²) >= 11 is 0. The second-order valence-corrected chi connectivity index (χ2v) is 10.3. The van der Waals surface area contributed by atoms with Crippen molar-refractivity contribution < 1.29 is 14.4 Å². The molecule has 1 saturated carbocycles. The van der Waals surface area contributed by atoms with Crippen LogP contribution in [0.5, 0.6) is 0 Å². The highest BCUT2D eigenvalue weighted by atomic mass is 16.2. The van der Waals surface area contributed by atoms with E-state index in [-0.39, 0.29) is 23.6 Å². The molecule has 8 nitrogen and oxygen atoms in total. The third kappa shape index (κ3) is 6.49. The van der Waals surface area contributed by atoms with Crippen LogP contribution in [0.1, 0.15) is 41.6 Å². The molecule has 37 heavy (non-hydrogen) atoms. The number of nitrogens with zero attached hydrogens (tertiary/aromatic N) is 3. The van der Waals surface area contributed by atoms with E-state index in [1.165, 1.54) is 0 Å². The minimum atomic E-state index is 0.00530. The molecule has 2 N–H and O–H groups in total. The summed E-state index contributed by atoms with van der Waals surface area (Å²) in [5.74, 6) is 0.243. The third-order valence-corrected chi connectivity index (χ3v) is 7.46. The van der Waals surface area contributed by atoms with E-state index in [0.29, 0.717) is 43.9 Å². The van der Waals surface area contributed by atoms with Gasteiger partial charge in [-0.2, -0.15) is 0 Å². The predicted octanol–water partition coefficient (Wildman–Crippen LogP) is 2.75. The molecule has 3 fully saturated rings. The lowest BCUT2D eigenvalue weighted by molar-refractivity contribution is -0.130. The number of amides is 3. The Labute approximate surface area is 219 Å². The molecule has 0 radical (unpaired) electrons. The summed E-state index contributed by atoms with van der Waals surface area (Å²) in [7, 11) is 0. The van der Waals surface area contributed by atoms with E-state index in [1.54, 1.807) is 0 Å². The first-order valence-corrected chi connectivity index (χ1v) is 13.6. The molecular formula is C29H37N5O3. The van der Waals surface area contributed by atoms with E-state index in [4.69, 9.17) is 0 Å². The minimum Gasteiger partial charge on any atom is -0.368 e. The van der Waals surface area contributed by atoms with Gasteiger partial charge in [-0.1, -0.05) is 30.3 Å². The van der Waals surface area contributed by atoms with Gasteiger partial charge in [0.25, 0.3) is 5.91 Å². The standard InChI is InChI=1S/C29H37N5O3/c35-27(20-22-6-2-1-3-7-22)33-16-5-15-32(18-19-33)26-11-10-24(21-25(26)31-28(36)23-8-9-23)29(37)34-14-4-12-30-13-17-34/h1-3,6-7,10-11,21,23,30H,4-5,8-9,12-20H2,(H,31,36). The zero-order valence-electron chi connectivity index (χ0n) is 21.5. The average molecular weight is 504 g/mol. The second kappa shape index (κ2) is 11.8. The van der Waals surface area contributed by atoms with Gasteiger partial charge in [-0.3, -0.25) is 14.4 Å². The number of anilines is 2. The molecule has 0 aromatic heterocycles. The molecule has 1 aliphatic carbocycles. The van der Waals surface area contributed by atoms with Gasteiger partial charge < -0.3 is 25.3 Å². The van der Waals surface area contributed by atoms with E-state index in [0.717, 1.165) is 63.1 Å². The van der Waals surface area contributed by atoms with Gasteiger partial charge in [0.1, 0.15) is 0 Å². The zero-order chi connectivity index (χ0) is 25.6. The Bertz CT molecular complexity index is 1110. The molecule has 2 aromatic carbocycles. The summed E-state index contributed by atoms with van der Waals surface area (Å²) in [5, 5.41) is 6.46. The maximum Gasteiger partial charge on any atom is 0.253 e. The number of hydrogen-bond acceptors (Lipinski definition) is 5. The summed E-state index contributed by atoms with van der Waals surface area (Å²) in [6.45, 7) is 5.94. The summed E-state index contributed by atoms with van der Waals surface area (Å²) in [6.07, 6.45) is 4.03. The van der Waals surface area contributed by atoms with Gasteiger partial charge in [-0.25, -0.2) is 0 Å². The first-order chi connectivity index (χ1) is 18.1. The van der Waals surface area contributed by atoms with Gasteiger partial charge in [-0.15, -0.1) is 0 Å². The Balaban J connectivity index is 1.31. The Morgan fingerprint density at radius 2 is 1.65 bits per heavy atom. The zero-order valence-corrected chi connectivity index (χ0v) is 21.5. The van der Waals surface area contributed by atoms with Crippen LogP contribution in [0.2, 0.25) is 0 Å². The molecule has 8 heteroatoms. The number of carbonyl (C=O) groups excluding carboxylic acids is 3. The van der Waals surface area contributed by atoms with Crippen LogP contribution in [0.3, 0.4) is 0 Å². The average Bonchev–Trinajstić information content (AvgIpc) is 3.77. The van der Waals surface area contributed by atoms with Crippen LogP contribution in [0.15, 0.2) is 48.5 Å². The smallest absolute Gasteiger partial charge is 0.253 e. The van der Waals surface area contributed by atoms with Gasteiger partial charge in [0.15, 0.2) is 0 Å². The fourth-order valence-corrected chi connectivity index (χ4v) is 5.15. The van der Waals surface area contributed by atoms with E-state index >= 15 is 0 Å². The van der Waals surface area contributed by atoms with Crippen molar-refractivity contribution in [1.82, 2.24) is 15.1 Å². The van der Waals surface area contributed by atoms with Crippen LogP contribution in [-0.4, -0.2) is 79.9 Å². The van der Waals surface area contributed by atoms with Crippen molar-refractivity contribution in [1.29, 1.82) is 0 Å². The highest BCUT2D eigenvalue weighted by Gasteiger charge is 2.31. The SMILES string of the molecule is O=C(Nc1cc(C(=O)N2CCCNCC2)ccc1N1CCCN(C(=O)Cc2ccccc2)CC1)C1CC1. The molecule has 3 aliphatic rings. The van der Waals surface area contributed by atoms with Gasteiger partial charge in [0.2, 0.25) is 11.8 Å². The second-order valence-electron chi connectivity index (χ2n) is 10.3. The molecule has 0 atom stereocenters. The first kappa shape index (κ1) is 25.3. The minimum absolute atomic E-state index is 0.00530. The lowest BCUT2D eigenvalue weighted by Gasteiger charge is -2.27. The van der Waals surface area contributed by atoms with Crippen molar-refractivity contribution in [3.05, 3.63) is 59.7 Å². The Kier molecular flexibility index (Phi) is 8.04. The van der Waals surface area contributed by atoms with Crippen LogP contribution in [0, 0.1) is 5.92 Å². The highest BCUT2D eigenvalue weighted by Crippen LogP contribution is 2.34. The van der Waals surface area contributed by atoms with E-state index < -0.39 is 0 Å². The Morgan fingerprint density at radius 3 is 2.46 bits per heavy atom. The van der Waals surface area contributed by atoms with E-state index in [9.17, 15) is 14.4 Å². The van der Waals surface area contributed by atoms with Crippen molar-refractivity contribution in [2.24, 2.45) is 5.92 Å². The maximum atomic E-state index is 13.3. The quantitative estimate of drug-likeness (QED) is 0.633. The van der Waals surface area contributed by atoms with Gasteiger partial charge in [0.05, 0.1) is 17.8 Å². The Morgan fingerprint density at radius 1 is 0.838 bits per heavy atom. The molecule has 5 rings (SSSR count). The fourth-order valence-electron chi connectivity index (χ4n) is 5.15. The molecule has 2 saturated heterocycles. The number of hydrogen-bond donors (Lipinski definition) is 2.